The summed E-state index contributed by atoms with van der Waals surface area (Å²) in [4.78, 5) is 26.4. The standard InChI is InChI=1S/C22H20ClN3O2/c1-3-14(2)25-13-15(18-6-4-5-7-20(18)25)12-19-21(27)26(22(28)24-19)17-10-8-16(23)9-11-17/h4-14H,3H2,1-2H3,(H,24,28)/b19-12+/t14-/m1/s1. The van der Waals surface area contributed by atoms with Gasteiger partial charge in [-0.25, -0.2) is 9.69 Å². The second kappa shape index (κ2) is 7.17. The Balaban J connectivity index is 1.75. The number of anilines is 1. The first-order chi connectivity index (χ1) is 13.5. The van der Waals surface area contributed by atoms with E-state index in [1.165, 1.54) is 0 Å². The summed E-state index contributed by atoms with van der Waals surface area (Å²) in [5.41, 5.74) is 2.75. The number of nitrogens with zero attached hydrogens (tertiary/aromatic N) is 2. The Bertz CT molecular complexity index is 1100. The Labute approximate surface area is 168 Å². The molecule has 28 heavy (non-hydrogen) atoms. The number of rotatable bonds is 4. The molecule has 1 aromatic heterocycles. The molecule has 1 fully saturated rings. The number of benzene rings is 2. The maximum atomic E-state index is 12.9. The molecule has 2 aromatic carbocycles. The fourth-order valence-electron chi connectivity index (χ4n) is 3.42. The van der Waals surface area contributed by atoms with Crippen LogP contribution in [0, 0.1) is 0 Å². The summed E-state index contributed by atoms with van der Waals surface area (Å²) in [6.45, 7) is 4.30. The van der Waals surface area contributed by atoms with Crippen molar-refractivity contribution in [3.05, 3.63) is 71.0 Å². The maximum Gasteiger partial charge on any atom is 0.333 e. The first-order valence-corrected chi connectivity index (χ1v) is 9.59. The Morgan fingerprint density at radius 3 is 2.54 bits per heavy atom. The largest absolute Gasteiger partial charge is 0.344 e. The van der Waals surface area contributed by atoms with Gasteiger partial charge < -0.3 is 9.88 Å². The van der Waals surface area contributed by atoms with Crippen LogP contribution >= 0.6 is 11.6 Å². The van der Waals surface area contributed by atoms with E-state index >= 15 is 0 Å². The van der Waals surface area contributed by atoms with Gasteiger partial charge in [0.25, 0.3) is 5.91 Å². The van der Waals surface area contributed by atoms with Gasteiger partial charge in [-0.15, -0.1) is 0 Å². The van der Waals surface area contributed by atoms with E-state index in [0.29, 0.717) is 16.8 Å². The molecule has 6 heteroatoms. The number of nitrogens with one attached hydrogen (secondary N) is 1. The molecule has 1 saturated heterocycles. The predicted octanol–water partition coefficient (Wildman–Crippen LogP) is 5.36. The van der Waals surface area contributed by atoms with Crippen LogP contribution in [0.5, 0.6) is 0 Å². The third-order valence-electron chi connectivity index (χ3n) is 5.10. The number of urea groups is 1. The summed E-state index contributed by atoms with van der Waals surface area (Å²) in [6.07, 6.45) is 4.78. The minimum Gasteiger partial charge on any atom is -0.344 e. The first kappa shape index (κ1) is 18.3. The van der Waals surface area contributed by atoms with Crippen LogP contribution in [-0.4, -0.2) is 16.5 Å². The monoisotopic (exact) mass is 393 g/mol. The number of hydrogen-bond donors (Lipinski definition) is 1. The highest BCUT2D eigenvalue weighted by atomic mass is 35.5. The summed E-state index contributed by atoms with van der Waals surface area (Å²) in [6, 6.07) is 14.5. The molecule has 0 bridgehead atoms. The molecule has 1 atom stereocenters. The highest BCUT2D eigenvalue weighted by molar-refractivity contribution is 6.31. The van der Waals surface area contributed by atoms with E-state index in [0.717, 1.165) is 27.8 Å². The van der Waals surface area contributed by atoms with Crippen molar-refractivity contribution in [3.8, 4) is 0 Å². The fraction of sp³-hybridized carbons (Fsp3) is 0.182. The quantitative estimate of drug-likeness (QED) is 0.479. The number of fused-ring (bicyclic) bond motifs is 1. The average molecular weight is 394 g/mol. The Kier molecular flexibility index (Phi) is 4.69. The van der Waals surface area contributed by atoms with Crippen LogP contribution in [0.4, 0.5) is 10.5 Å². The van der Waals surface area contributed by atoms with Crippen molar-refractivity contribution in [2.45, 2.75) is 26.3 Å². The van der Waals surface area contributed by atoms with Crippen LogP contribution in [0.1, 0.15) is 31.9 Å². The third kappa shape index (κ3) is 3.08. The lowest BCUT2D eigenvalue weighted by Crippen LogP contribution is -2.30. The van der Waals surface area contributed by atoms with Crippen LogP contribution in [0.3, 0.4) is 0 Å². The number of aromatic nitrogens is 1. The molecule has 0 aliphatic carbocycles. The lowest BCUT2D eigenvalue weighted by molar-refractivity contribution is -0.113. The maximum absolute atomic E-state index is 12.9. The van der Waals surface area contributed by atoms with Crippen LogP contribution in [0.2, 0.25) is 5.02 Å². The minimum absolute atomic E-state index is 0.256. The summed E-state index contributed by atoms with van der Waals surface area (Å²) < 4.78 is 2.21. The number of amides is 3. The van der Waals surface area contributed by atoms with Gasteiger partial charge >= 0.3 is 6.03 Å². The predicted molar refractivity (Wildman–Crippen MR) is 112 cm³/mol. The molecule has 3 amide bonds. The highest BCUT2D eigenvalue weighted by Gasteiger charge is 2.35. The fourth-order valence-corrected chi connectivity index (χ4v) is 3.55. The molecule has 142 valence electrons. The van der Waals surface area contributed by atoms with Crippen LogP contribution < -0.4 is 10.2 Å². The van der Waals surface area contributed by atoms with Gasteiger partial charge in [0.1, 0.15) is 5.70 Å². The number of para-hydroxylation sites is 1. The SMILES string of the molecule is CC[C@@H](C)n1cc(/C=C2/NC(=O)N(c3ccc(Cl)cc3)C2=O)c2ccccc21. The second-order valence-corrected chi connectivity index (χ2v) is 7.31. The molecular formula is C22H20ClN3O2. The summed E-state index contributed by atoms with van der Waals surface area (Å²) in [5.74, 6) is -0.382. The first-order valence-electron chi connectivity index (χ1n) is 9.22. The zero-order valence-corrected chi connectivity index (χ0v) is 16.4. The Morgan fingerprint density at radius 2 is 1.82 bits per heavy atom. The molecule has 1 N–H and O–H groups in total. The number of imide groups is 1. The van der Waals surface area contributed by atoms with Crippen molar-refractivity contribution in [1.29, 1.82) is 0 Å². The van der Waals surface area contributed by atoms with Gasteiger partial charge in [0, 0.05) is 33.7 Å². The van der Waals surface area contributed by atoms with Gasteiger partial charge in [0.05, 0.1) is 5.69 Å². The molecule has 3 aromatic rings. The third-order valence-corrected chi connectivity index (χ3v) is 5.35. The molecule has 1 aliphatic heterocycles. The van der Waals surface area contributed by atoms with E-state index in [9.17, 15) is 9.59 Å². The number of halogens is 1. The van der Waals surface area contributed by atoms with Gasteiger partial charge in [-0.3, -0.25) is 4.79 Å². The zero-order chi connectivity index (χ0) is 19.8. The lowest BCUT2D eigenvalue weighted by atomic mass is 10.1. The molecule has 0 spiro atoms. The Morgan fingerprint density at radius 1 is 1.11 bits per heavy atom. The molecule has 5 nitrogen and oxygen atoms in total. The molecular weight excluding hydrogens is 374 g/mol. The van der Waals surface area contributed by atoms with Crippen molar-refractivity contribution >= 4 is 46.2 Å². The van der Waals surface area contributed by atoms with Crippen molar-refractivity contribution in [1.82, 2.24) is 9.88 Å². The molecule has 1 aliphatic rings. The van der Waals surface area contributed by atoms with Crippen molar-refractivity contribution in [2.24, 2.45) is 0 Å². The highest BCUT2D eigenvalue weighted by Crippen LogP contribution is 2.29. The average Bonchev–Trinajstić information content (AvgIpc) is 3.20. The van der Waals surface area contributed by atoms with E-state index in [1.54, 1.807) is 30.3 Å². The molecule has 4 rings (SSSR count). The van der Waals surface area contributed by atoms with Crippen LogP contribution in [0.25, 0.3) is 17.0 Å². The van der Waals surface area contributed by atoms with E-state index in [1.807, 2.05) is 24.4 Å². The van der Waals surface area contributed by atoms with Crippen LogP contribution in [0.15, 0.2) is 60.4 Å². The van der Waals surface area contributed by atoms with Gasteiger partial charge in [-0.2, -0.15) is 0 Å². The van der Waals surface area contributed by atoms with E-state index in [-0.39, 0.29) is 11.6 Å². The summed E-state index contributed by atoms with van der Waals surface area (Å²) in [5, 5.41) is 4.28. The molecule has 0 unspecified atom stereocenters. The summed E-state index contributed by atoms with van der Waals surface area (Å²) in [7, 11) is 0. The number of carbonyl (C=O) groups excluding carboxylic acids is 2. The topological polar surface area (TPSA) is 54.3 Å². The van der Waals surface area contributed by atoms with E-state index in [4.69, 9.17) is 11.6 Å². The molecule has 0 saturated carbocycles. The lowest BCUT2D eigenvalue weighted by Gasteiger charge is -2.12. The van der Waals surface area contributed by atoms with E-state index < -0.39 is 6.03 Å². The van der Waals surface area contributed by atoms with Gasteiger partial charge in [-0.05, 0) is 49.8 Å². The van der Waals surface area contributed by atoms with Gasteiger partial charge in [0.2, 0.25) is 0 Å². The van der Waals surface area contributed by atoms with Crippen molar-refractivity contribution in [3.63, 3.8) is 0 Å². The zero-order valence-electron chi connectivity index (χ0n) is 15.6. The normalized spacial score (nSPS) is 16.8. The van der Waals surface area contributed by atoms with E-state index in [2.05, 4.69) is 29.8 Å². The molecule has 2 heterocycles. The van der Waals surface area contributed by atoms with Gasteiger partial charge in [0.15, 0.2) is 0 Å². The number of carbonyl (C=O) groups is 2. The number of hydrogen-bond acceptors (Lipinski definition) is 2. The molecule has 0 radical (unpaired) electrons. The smallest absolute Gasteiger partial charge is 0.333 e. The van der Waals surface area contributed by atoms with Crippen LogP contribution in [-0.2, 0) is 4.79 Å². The van der Waals surface area contributed by atoms with Crippen molar-refractivity contribution in [2.75, 3.05) is 4.90 Å². The minimum atomic E-state index is -0.468. The summed E-state index contributed by atoms with van der Waals surface area (Å²) >= 11 is 5.90. The Hall–Kier alpha value is -3.05. The van der Waals surface area contributed by atoms with Crippen molar-refractivity contribution < 1.29 is 9.59 Å². The van der Waals surface area contributed by atoms with Gasteiger partial charge in [-0.1, -0.05) is 36.7 Å². The second-order valence-electron chi connectivity index (χ2n) is 6.87.